The smallest absolute Gasteiger partial charge is 0.341 e. The van der Waals surface area contributed by atoms with Gasteiger partial charge in [-0.05, 0) is 38.5 Å². The molecule has 4 N–H and O–H groups in total. The molecule has 8 nitrogen and oxygen atoms in total. The van der Waals surface area contributed by atoms with Gasteiger partial charge in [0.2, 0.25) is 5.43 Å². The van der Waals surface area contributed by atoms with Gasteiger partial charge in [0.1, 0.15) is 11.3 Å². The molecule has 2 saturated carbocycles. The molecule has 2 aromatic rings. The third kappa shape index (κ3) is 3.40. The number of halogens is 1. The Morgan fingerprint density at radius 3 is 2.39 bits per heavy atom. The minimum Gasteiger partial charge on any atom is -0.492 e. The maximum Gasteiger partial charge on any atom is 0.341 e. The van der Waals surface area contributed by atoms with Crippen LogP contribution in [0.15, 0.2) is 11.0 Å². The zero-order valence-corrected chi connectivity index (χ0v) is 17.5. The number of anilines is 2. The summed E-state index contributed by atoms with van der Waals surface area (Å²) in [6.07, 6.45) is 7.26. The van der Waals surface area contributed by atoms with Crippen LogP contribution in [-0.2, 0) is 0 Å². The topological polar surface area (TPSA) is 110 Å². The number of hydrogen-bond acceptors (Lipinski definition) is 6. The maximum atomic E-state index is 15.6. The fourth-order valence-electron chi connectivity index (χ4n) is 4.69. The fourth-order valence-corrected chi connectivity index (χ4v) is 4.69. The van der Waals surface area contributed by atoms with Crippen molar-refractivity contribution < 1.29 is 19.0 Å². The second kappa shape index (κ2) is 7.40. The summed E-state index contributed by atoms with van der Waals surface area (Å²) in [7, 11) is 1.45. The van der Waals surface area contributed by atoms with Crippen molar-refractivity contribution in [3.63, 3.8) is 0 Å². The molecule has 0 amide bonds. The molecule has 2 heterocycles. The molecule has 2 aliphatic carbocycles. The first kappa shape index (κ1) is 20.1. The van der Waals surface area contributed by atoms with Crippen LogP contribution in [0.3, 0.4) is 0 Å². The number of piperidine rings is 1. The fraction of sp³-hybridized carbons (Fsp3) is 0.545. The molecule has 31 heavy (non-hydrogen) atoms. The van der Waals surface area contributed by atoms with Crippen molar-refractivity contribution in [1.29, 1.82) is 0 Å². The first-order valence-electron chi connectivity index (χ1n) is 10.9. The van der Waals surface area contributed by atoms with Crippen molar-refractivity contribution in [2.45, 2.75) is 56.7 Å². The highest BCUT2D eigenvalue weighted by atomic mass is 19.1. The van der Waals surface area contributed by atoms with Crippen LogP contribution in [0.25, 0.3) is 10.9 Å². The van der Waals surface area contributed by atoms with Gasteiger partial charge in [-0.15, -0.1) is 0 Å². The summed E-state index contributed by atoms with van der Waals surface area (Å²) < 4.78 is 23.0. The molecule has 3 aliphatic rings. The molecule has 0 spiro atoms. The van der Waals surface area contributed by atoms with Gasteiger partial charge in [-0.25, -0.2) is 9.18 Å². The molecule has 5 rings (SSSR count). The number of nitrogens with two attached hydrogens (primary N) is 1. The van der Waals surface area contributed by atoms with Crippen LogP contribution in [0.4, 0.5) is 15.8 Å². The highest BCUT2D eigenvalue weighted by molar-refractivity contribution is 6.03. The van der Waals surface area contributed by atoms with E-state index in [0.29, 0.717) is 30.7 Å². The molecule has 0 atom stereocenters. The van der Waals surface area contributed by atoms with Crippen molar-refractivity contribution in [2.75, 3.05) is 30.8 Å². The van der Waals surface area contributed by atoms with Gasteiger partial charge in [-0.3, -0.25) is 4.79 Å². The monoisotopic (exact) mass is 430 g/mol. The van der Waals surface area contributed by atoms with E-state index in [9.17, 15) is 14.7 Å². The third-order valence-corrected chi connectivity index (χ3v) is 6.61. The van der Waals surface area contributed by atoms with Crippen LogP contribution in [0, 0.1) is 5.82 Å². The lowest BCUT2D eigenvalue weighted by molar-refractivity contribution is 0.0695. The van der Waals surface area contributed by atoms with Crippen molar-refractivity contribution >= 4 is 28.2 Å². The van der Waals surface area contributed by atoms with Crippen LogP contribution < -0.4 is 26.1 Å². The SMILES string of the molecule is COc1c(N2CCC(NC3CC3)CC2)c(F)c(N)c2c(=O)c(C(=O)O)cn(C3CC3)c12. The zero-order valence-electron chi connectivity index (χ0n) is 17.5. The van der Waals surface area contributed by atoms with Crippen LogP contribution in [-0.4, -0.2) is 47.9 Å². The molecule has 166 valence electrons. The minimum absolute atomic E-state index is 0.0429. The number of aromatic carboxylic acids is 1. The molecule has 0 bridgehead atoms. The first-order chi connectivity index (χ1) is 14.9. The molecule has 1 aliphatic heterocycles. The predicted octanol–water partition coefficient (Wildman–Crippen LogP) is 2.49. The van der Waals surface area contributed by atoms with Crippen molar-refractivity contribution in [3.05, 3.63) is 27.8 Å². The lowest BCUT2D eigenvalue weighted by Gasteiger charge is -2.35. The van der Waals surface area contributed by atoms with E-state index in [2.05, 4.69) is 5.32 Å². The summed E-state index contributed by atoms with van der Waals surface area (Å²) in [5.41, 5.74) is 5.27. The van der Waals surface area contributed by atoms with Crippen LogP contribution in [0.2, 0.25) is 0 Å². The Balaban J connectivity index is 1.65. The lowest BCUT2D eigenvalue weighted by Crippen LogP contribution is -2.43. The second-order valence-electron chi connectivity index (χ2n) is 8.85. The van der Waals surface area contributed by atoms with E-state index in [-0.39, 0.29) is 28.6 Å². The average Bonchev–Trinajstić information content (AvgIpc) is 3.66. The van der Waals surface area contributed by atoms with Gasteiger partial charge in [-0.2, -0.15) is 0 Å². The van der Waals surface area contributed by atoms with Crippen molar-refractivity contribution in [1.82, 2.24) is 9.88 Å². The Labute approximate surface area is 178 Å². The Kier molecular flexibility index (Phi) is 4.80. The number of pyridine rings is 1. The van der Waals surface area contributed by atoms with Crippen molar-refractivity contribution in [3.8, 4) is 5.75 Å². The number of nitrogens with zero attached hydrogens (tertiary/aromatic N) is 2. The van der Waals surface area contributed by atoms with Gasteiger partial charge >= 0.3 is 5.97 Å². The standard InChI is InChI=1S/C22H27FN4O4/c1-31-21-18-15(20(28)14(22(29)30)10-27(18)13-4-5-13)17(24)16(23)19(21)26-8-6-12(7-9-26)25-11-2-3-11/h10-13,25H,2-9,24H2,1H3,(H,29,30). The number of ether oxygens (including phenoxy) is 1. The summed E-state index contributed by atoms with van der Waals surface area (Å²) in [5.74, 6) is -1.83. The van der Waals surface area contributed by atoms with E-state index < -0.39 is 22.8 Å². The summed E-state index contributed by atoms with van der Waals surface area (Å²) >= 11 is 0. The molecular weight excluding hydrogens is 403 g/mol. The number of carboxylic acid groups (broad SMARTS) is 1. The van der Waals surface area contributed by atoms with E-state index in [1.165, 1.54) is 26.1 Å². The van der Waals surface area contributed by atoms with E-state index >= 15 is 4.39 Å². The van der Waals surface area contributed by atoms with Gasteiger partial charge in [0, 0.05) is 37.4 Å². The molecule has 0 radical (unpaired) electrons. The summed E-state index contributed by atoms with van der Waals surface area (Å²) in [5, 5.41) is 13.0. The number of benzene rings is 1. The average molecular weight is 430 g/mol. The van der Waals surface area contributed by atoms with Crippen molar-refractivity contribution in [2.24, 2.45) is 0 Å². The van der Waals surface area contributed by atoms with Gasteiger partial charge in [0.25, 0.3) is 0 Å². The Bertz CT molecular complexity index is 1120. The van der Waals surface area contributed by atoms with E-state index in [0.717, 1.165) is 25.7 Å². The summed E-state index contributed by atoms with van der Waals surface area (Å²) in [6.45, 7) is 1.28. The Morgan fingerprint density at radius 1 is 1.19 bits per heavy atom. The van der Waals surface area contributed by atoms with E-state index in [4.69, 9.17) is 10.5 Å². The zero-order chi connectivity index (χ0) is 21.9. The molecule has 9 heteroatoms. The Morgan fingerprint density at radius 2 is 1.84 bits per heavy atom. The molecule has 1 aromatic carbocycles. The summed E-state index contributed by atoms with van der Waals surface area (Å²) in [4.78, 5) is 26.5. The molecule has 0 unspecified atom stereocenters. The van der Waals surface area contributed by atoms with Crippen LogP contribution >= 0.6 is 0 Å². The number of rotatable bonds is 6. The van der Waals surface area contributed by atoms with Gasteiger partial charge in [-0.1, -0.05) is 0 Å². The normalized spacial score (nSPS) is 19.7. The van der Waals surface area contributed by atoms with E-state index in [1.807, 2.05) is 4.90 Å². The van der Waals surface area contributed by atoms with Crippen LogP contribution in [0.1, 0.15) is 54.9 Å². The van der Waals surface area contributed by atoms with Gasteiger partial charge in [0.15, 0.2) is 11.6 Å². The number of methoxy groups -OCH3 is 1. The number of carbonyl (C=O) groups is 1. The number of nitrogen functional groups attached to an aromatic ring is 1. The maximum absolute atomic E-state index is 15.6. The number of carboxylic acids is 1. The molecule has 1 saturated heterocycles. The molecular formula is C22H27FN4O4. The second-order valence-corrected chi connectivity index (χ2v) is 8.85. The number of fused-ring (bicyclic) bond motifs is 1. The number of aromatic nitrogens is 1. The van der Waals surface area contributed by atoms with E-state index in [1.54, 1.807) is 4.57 Å². The molecule has 1 aromatic heterocycles. The molecule has 3 fully saturated rings. The minimum atomic E-state index is -1.35. The largest absolute Gasteiger partial charge is 0.492 e. The highest BCUT2D eigenvalue weighted by Gasteiger charge is 2.34. The van der Waals surface area contributed by atoms with Crippen LogP contribution in [0.5, 0.6) is 5.75 Å². The third-order valence-electron chi connectivity index (χ3n) is 6.61. The highest BCUT2D eigenvalue weighted by Crippen LogP contribution is 2.46. The Hall–Kier alpha value is -2.81. The lowest BCUT2D eigenvalue weighted by atomic mass is 10.0. The summed E-state index contributed by atoms with van der Waals surface area (Å²) in [6, 6.07) is 1.08. The predicted molar refractivity (Wildman–Crippen MR) is 116 cm³/mol. The first-order valence-corrected chi connectivity index (χ1v) is 10.9. The number of hydrogen-bond donors (Lipinski definition) is 3. The quantitative estimate of drug-likeness (QED) is 0.604. The van der Waals surface area contributed by atoms with Gasteiger partial charge in [0.05, 0.1) is 23.7 Å². The number of nitrogens with one attached hydrogen (secondary N) is 1. The van der Waals surface area contributed by atoms with Gasteiger partial charge < -0.3 is 30.4 Å².